The normalized spacial score (nSPS) is 11.1. The summed E-state index contributed by atoms with van der Waals surface area (Å²) in [6.07, 6.45) is 1.77. The molecule has 0 atom stereocenters. The highest BCUT2D eigenvalue weighted by Crippen LogP contribution is 2.27. The van der Waals surface area contributed by atoms with Crippen LogP contribution in [0.25, 0.3) is 0 Å². The molecule has 2 nitrogen and oxygen atoms in total. The Balaban J connectivity index is 1.84. The van der Waals surface area contributed by atoms with Crippen molar-refractivity contribution < 1.29 is 4.74 Å². The highest BCUT2D eigenvalue weighted by molar-refractivity contribution is 6.35. The minimum atomic E-state index is 0.321. The van der Waals surface area contributed by atoms with Gasteiger partial charge in [-0.15, -0.1) is 0 Å². The van der Waals surface area contributed by atoms with Gasteiger partial charge in [-0.2, -0.15) is 0 Å². The van der Waals surface area contributed by atoms with E-state index >= 15 is 0 Å². The lowest BCUT2D eigenvalue weighted by Gasteiger charge is -2.11. The van der Waals surface area contributed by atoms with Gasteiger partial charge >= 0.3 is 0 Å². The van der Waals surface area contributed by atoms with Crippen LogP contribution in [0.4, 0.5) is 5.69 Å². The van der Waals surface area contributed by atoms with E-state index in [0.29, 0.717) is 27.4 Å². The van der Waals surface area contributed by atoms with Gasteiger partial charge in [0.05, 0.1) is 5.69 Å². The number of benzene rings is 3. The van der Waals surface area contributed by atoms with Gasteiger partial charge in [0.15, 0.2) is 0 Å². The maximum Gasteiger partial charge on any atom is 0.128 e. The van der Waals surface area contributed by atoms with Crippen molar-refractivity contribution in [2.24, 2.45) is 4.99 Å². The molecular formula is C22H18Cl3NO. The number of aliphatic imine (C=N–C) groups is 1. The van der Waals surface area contributed by atoms with Crippen molar-refractivity contribution in [1.82, 2.24) is 0 Å². The first kappa shape index (κ1) is 19.8. The molecule has 5 heteroatoms. The Kier molecular flexibility index (Phi) is 6.43. The Hall–Kier alpha value is -2.00. The summed E-state index contributed by atoms with van der Waals surface area (Å²) < 4.78 is 5.96. The second-order valence-electron chi connectivity index (χ2n) is 6.18. The summed E-state index contributed by atoms with van der Waals surface area (Å²) in [5.41, 5.74) is 4.92. The minimum Gasteiger partial charge on any atom is -0.488 e. The van der Waals surface area contributed by atoms with E-state index in [1.165, 1.54) is 5.56 Å². The van der Waals surface area contributed by atoms with Crippen LogP contribution < -0.4 is 4.74 Å². The van der Waals surface area contributed by atoms with Gasteiger partial charge in [0.1, 0.15) is 12.4 Å². The number of hydrogen-bond acceptors (Lipinski definition) is 2. The van der Waals surface area contributed by atoms with Crippen LogP contribution in [0.15, 0.2) is 59.6 Å². The SMILES string of the molecule is Cc1cccc(N=Cc2cc(Cl)ccc2OCc2ccc(Cl)cc2Cl)c1C. The number of nitrogens with zero attached hydrogens (tertiary/aromatic N) is 1. The Morgan fingerprint density at radius 3 is 2.44 bits per heavy atom. The highest BCUT2D eigenvalue weighted by Gasteiger charge is 2.07. The van der Waals surface area contributed by atoms with Crippen molar-refractivity contribution in [3.63, 3.8) is 0 Å². The molecule has 0 bridgehead atoms. The van der Waals surface area contributed by atoms with Crippen LogP contribution in [-0.2, 0) is 6.61 Å². The van der Waals surface area contributed by atoms with Gasteiger partial charge in [0.25, 0.3) is 0 Å². The first-order valence-corrected chi connectivity index (χ1v) is 9.54. The topological polar surface area (TPSA) is 21.6 Å². The number of rotatable bonds is 5. The standard InChI is InChI=1S/C22H18Cl3NO/c1-14-4-3-5-21(15(14)2)26-12-17-10-18(23)8-9-22(17)27-13-16-6-7-19(24)11-20(16)25/h3-12H,13H2,1-2H3. The van der Waals surface area contributed by atoms with E-state index in [2.05, 4.69) is 24.9 Å². The van der Waals surface area contributed by atoms with Crippen LogP contribution in [0, 0.1) is 13.8 Å². The van der Waals surface area contributed by atoms with Gasteiger partial charge in [-0.25, -0.2) is 0 Å². The van der Waals surface area contributed by atoms with Gasteiger partial charge in [-0.3, -0.25) is 4.99 Å². The van der Waals surface area contributed by atoms with Gasteiger partial charge in [0, 0.05) is 32.4 Å². The quantitative estimate of drug-likeness (QED) is 0.391. The summed E-state index contributed by atoms with van der Waals surface area (Å²) in [6.45, 7) is 4.44. The molecule has 27 heavy (non-hydrogen) atoms. The molecule has 0 heterocycles. The zero-order valence-electron chi connectivity index (χ0n) is 15.0. The Morgan fingerprint density at radius 1 is 0.926 bits per heavy atom. The summed E-state index contributed by atoms with van der Waals surface area (Å²) in [5.74, 6) is 0.680. The summed E-state index contributed by atoms with van der Waals surface area (Å²) in [4.78, 5) is 4.62. The maximum absolute atomic E-state index is 6.22. The number of aryl methyl sites for hydroxylation is 1. The highest BCUT2D eigenvalue weighted by atomic mass is 35.5. The van der Waals surface area contributed by atoms with Crippen molar-refractivity contribution in [2.75, 3.05) is 0 Å². The molecule has 0 aliphatic rings. The monoisotopic (exact) mass is 417 g/mol. The van der Waals surface area contributed by atoms with E-state index < -0.39 is 0 Å². The van der Waals surface area contributed by atoms with Crippen molar-refractivity contribution >= 4 is 46.7 Å². The largest absolute Gasteiger partial charge is 0.488 e. The van der Waals surface area contributed by atoms with Gasteiger partial charge < -0.3 is 4.74 Å². The zero-order chi connectivity index (χ0) is 19.4. The maximum atomic E-state index is 6.22. The average Bonchev–Trinajstić information content (AvgIpc) is 2.63. The van der Waals surface area contributed by atoms with Gasteiger partial charge in [-0.05, 0) is 61.4 Å². The molecular weight excluding hydrogens is 401 g/mol. The fraction of sp³-hybridized carbons (Fsp3) is 0.136. The van der Waals surface area contributed by atoms with Crippen molar-refractivity contribution in [2.45, 2.75) is 20.5 Å². The molecule has 0 aliphatic heterocycles. The number of ether oxygens (including phenoxy) is 1. The first-order valence-electron chi connectivity index (χ1n) is 8.40. The smallest absolute Gasteiger partial charge is 0.128 e. The number of hydrogen-bond donors (Lipinski definition) is 0. The Labute approximate surface area is 174 Å². The molecule has 0 saturated heterocycles. The third-order valence-electron chi connectivity index (χ3n) is 4.29. The lowest BCUT2D eigenvalue weighted by Crippen LogP contribution is -1.99. The third-order valence-corrected chi connectivity index (χ3v) is 5.11. The molecule has 0 saturated carbocycles. The molecule has 3 rings (SSSR count). The van der Waals surface area contributed by atoms with Crippen LogP contribution in [0.5, 0.6) is 5.75 Å². The molecule has 0 N–H and O–H groups in total. The molecule has 138 valence electrons. The minimum absolute atomic E-state index is 0.321. The van der Waals surface area contributed by atoms with E-state index in [1.54, 1.807) is 24.4 Å². The van der Waals surface area contributed by atoms with Crippen LogP contribution >= 0.6 is 34.8 Å². The predicted octanol–water partition coefficient (Wildman–Crippen LogP) is 7.59. The molecule has 0 amide bonds. The Bertz CT molecular complexity index is 999. The average molecular weight is 419 g/mol. The molecule has 0 aromatic heterocycles. The molecule has 0 radical (unpaired) electrons. The predicted molar refractivity (Wildman–Crippen MR) is 115 cm³/mol. The first-order chi connectivity index (χ1) is 12.9. The van der Waals surface area contributed by atoms with Crippen molar-refractivity contribution in [3.05, 3.63) is 91.9 Å². The summed E-state index contributed by atoms with van der Waals surface area (Å²) in [7, 11) is 0. The van der Waals surface area contributed by atoms with E-state index in [0.717, 1.165) is 22.4 Å². The summed E-state index contributed by atoms with van der Waals surface area (Å²) >= 11 is 18.3. The van der Waals surface area contributed by atoms with Gasteiger partial charge in [-0.1, -0.05) is 53.0 Å². The molecule has 0 fully saturated rings. The zero-order valence-corrected chi connectivity index (χ0v) is 17.2. The van der Waals surface area contributed by atoms with Crippen LogP contribution in [-0.4, -0.2) is 6.21 Å². The van der Waals surface area contributed by atoms with Crippen molar-refractivity contribution in [3.8, 4) is 5.75 Å². The van der Waals surface area contributed by atoms with Crippen LogP contribution in [0.3, 0.4) is 0 Å². The molecule has 0 aliphatic carbocycles. The molecule has 3 aromatic carbocycles. The fourth-order valence-corrected chi connectivity index (χ4v) is 3.20. The van der Waals surface area contributed by atoms with E-state index in [9.17, 15) is 0 Å². The second-order valence-corrected chi connectivity index (χ2v) is 7.46. The van der Waals surface area contributed by atoms with E-state index in [4.69, 9.17) is 39.5 Å². The lowest BCUT2D eigenvalue weighted by atomic mass is 10.1. The fourth-order valence-electron chi connectivity index (χ4n) is 2.56. The number of halogens is 3. The summed E-state index contributed by atoms with van der Waals surface area (Å²) in [6, 6.07) is 16.8. The van der Waals surface area contributed by atoms with Crippen LogP contribution in [0.2, 0.25) is 15.1 Å². The Morgan fingerprint density at radius 2 is 1.67 bits per heavy atom. The van der Waals surface area contributed by atoms with E-state index in [-0.39, 0.29) is 0 Å². The lowest BCUT2D eigenvalue weighted by molar-refractivity contribution is 0.306. The second kappa shape index (κ2) is 8.79. The molecule has 0 spiro atoms. The van der Waals surface area contributed by atoms with E-state index in [1.807, 2.05) is 30.3 Å². The molecule has 3 aromatic rings. The third kappa shape index (κ3) is 5.04. The summed E-state index contributed by atoms with van der Waals surface area (Å²) in [5, 5.41) is 1.79. The molecule has 0 unspecified atom stereocenters. The van der Waals surface area contributed by atoms with Gasteiger partial charge in [0.2, 0.25) is 0 Å². The van der Waals surface area contributed by atoms with Crippen LogP contribution in [0.1, 0.15) is 22.3 Å². The van der Waals surface area contributed by atoms with Crippen molar-refractivity contribution in [1.29, 1.82) is 0 Å².